The SMILES string of the molecule is Cc1n[nH]c(C)c1-c1cc(C2CC2)c(C#N)c(N)n1. The van der Waals surface area contributed by atoms with Crippen LogP contribution >= 0.6 is 0 Å². The number of aryl methyl sites for hydroxylation is 2. The summed E-state index contributed by atoms with van der Waals surface area (Å²) in [5, 5.41) is 16.4. The van der Waals surface area contributed by atoms with E-state index in [2.05, 4.69) is 21.3 Å². The average Bonchev–Trinajstić information content (AvgIpc) is 3.15. The quantitative estimate of drug-likeness (QED) is 0.859. The number of nitriles is 1. The zero-order chi connectivity index (χ0) is 13.6. The van der Waals surface area contributed by atoms with Gasteiger partial charge in [-0.05, 0) is 44.2 Å². The van der Waals surface area contributed by atoms with Gasteiger partial charge < -0.3 is 5.73 Å². The third-order valence-corrected chi connectivity index (χ3v) is 3.59. The molecular weight excluding hydrogens is 238 g/mol. The van der Waals surface area contributed by atoms with Crippen LogP contribution in [0.2, 0.25) is 0 Å². The van der Waals surface area contributed by atoms with Crippen LogP contribution in [0.15, 0.2) is 6.07 Å². The molecule has 0 radical (unpaired) electrons. The lowest BCUT2D eigenvalue weighted by Crippen LogP contribution is -2.01. The van der Waals surface area contributed by atoms with Crippen molar-refractivity contribution in [3.05, 3.63) is 28.6 Å². The number of nitrogens with two attached hydrogens (primary N) is 1. The van der Waals surface area contributed by atoms with Gasteiger partial charge >= 0.3 is 0 Å². The predicted octanol–water partition coefficient (Wildman–Crippen LogP) is 2.42. The van der Waals surface area contributed by atoms with Crippen LogP contribution in [0.5, 0.6) is 0 Å². The number of aromatic amines is 1. The van der Waals surface area contributed by atoms with Crippen molar-refractivity contribution in [1.29, 1.82) is 5.26 Å². The van der Waals surface area contributed by atoms with Gasteiger partial charge in [0.2, 0.25) is 0 Å². The molecule has 1 aliphatic carbocycles. The molecule has 5 nitrogen and oxygen atoms in total. The Morgan fingerprint density at radius 1 is 1.42 bits per heavy atom. The Morgan fingerprint density at radius 3 is 2.68 bits per heavy atom. The number of H-pyrrole nitrogens is 1. The van der Waals surface area contributed by atoms with Crippen molar-refractivity contribution in [2.75, 3.05) is 5.73 Å². The lowest BCUT2D eigenvalue weighted by molar-refractivity contribution is 1.02. The molecule has 2 heterocycles. The molecule has 0 amide bonds. The molecule has 0 aromatic carbocycles. The fourth-order valence-corrected chi connectivity index (χ4v) is 2.48. The summed E-state index contributed by atoms with van der Waals surface area (Å²) in [6, 6.07) is 4.17. The lowest BCUT2D eigenvalue weighted by Gasteiger charge is -2.09. The molecule has 2 aromatic rings. The summed E-state index contributed by atoms with van der Waals surface area (Å²) in [5.74, 6) is 0.785. The Labute approximate surface area is 111 Å². The zero-order valence-electron chi connectivity index (χ0n) is 11.0. The molecular formula is C14H15N5. The number of nitrogen functional groups attached to an aromatic ring is 1. The third kappa shape index (κ3) is 1.85. The van der Waals surface area contributed by atoms with Crippen LogP contribution in [-0.2, 0) is 0 Å². The predicted molar refractivity (Wildman–Crippen MR) is 72.4 cm³/mol. The first kappa shape index (κ1) is 11.7. The molecule has 0 spiro atoms. The Bertz CT molecular complexity index is 669. The fourth-order valence-electron chi connectivity index (χ4n) is 2.48. The molecule has 1 saturated carbocycles. The number of hydrogen-bond donors (Lipinski definition) is 2. The highest BCUT2D eigenvalue weighted by Crippen LogP contribution is 2.43. The summed E-state index contributed by atoms with van der Waals surface area (Å²) in [4.78, 5) is 4.37. The monoisotopic (exact) mass is 253 g/mol. The molecule has 0 bridgehead atoms. The van der Waals surface area contributed by atoms with E-state index in [9.17, 15) is 5.26 Å². The molecule has 0 aliphatic heterocycles. The second kappa shape index (κ2) is 4.09. The number of aromatic nitrogens is 3. The van der Waals surface area contributed by atoms with E-state index in [0.29, 0.717) is 17.3 Å². The highest BCUT2D eigenvalue weighted by molar-refractivity contribution is 5.70. The topological polar surface area (TPSA) is 91.4 Å². The number of rotatable bonds is 2. The van der Waals surface area contributed by atoms with Crippen LogP contribution in [0, 0.1) is 25.2 Å². The number of nitrogens with one attached hydrogen (secondary N) is 1. The Kier molecular flexibility index (Phi) is 2.53. The molecule has 1 aliphatic rings. The maximum Gasteiger partial charge on any atom is 0.142 e. The van der Waals surface area contributed by atoms with Gasteiger partial charge in [-0.25, -0.2) is 4.98 Å². The van der Waals surface area contributed by atoms with Gasteiger partial charge in [0.05, 0.1) is 17.0 Å². The second-order valence-electron chi connectivity index (χ2n) is 5.05. The maximum absolute atomic E-state index is 9.22. The largest absolute Gasteiger partial charge is 0.383 e. The minimum absolute atomic E-state index is 0.321. The lowest BCUT2D eigenvalue weighted by atomic mass is 10.0. The molecule has 0 saturated heterocycles. The van der Waals surface area contributed by atoms with Gasteiger partial charge in [0.25, 0.3) is 0 Å². The van der Waals surface area contributed by atoms with Gasteiger partial charge in [-0.2, -0.15) is 10.4 Å². The second-order valence-corrected chi connectivity index (χ2v) is 5.05. The Balaban J connectivity index is 2.21. The average molecular weight is 253 g/mol. The molecule has 1 fully saturated rings. The Hall–Kier alpha value is -2.35. The minimum atomic E-state index is 0.321. The van der Waals surface area contributed by atoms with Crippen LogP contribution < -0.4 is 5.73 Å². The molecule has 5 heteroatoms. The third-order valence-electron chi connectivity index (χ3n) is 3.59. The van der Waals surface area contributed by atoms with Gasteiger partial charge in [-0.3, -0.25) is 5.10 Å². The summed E-state index contributed by atoms with van der Waals surface area (Å²) >= 11 is 0. The van der Waals surface area contributed by atoms with Crippen LogP contribution in [0.3, 0.4) is 0 Å². The normalized spacial score (nSPS) is 14.4. The molecule has 3 N–H and O–H groups in total. The van der Waals surface area contributed by atoms with Crippen molar-refractivity contribution in [1.82, 2.24) is 15.2 Å². The number of nitrogens with zero attached hydrogens (tertiary/aromatic N) is 3. The van der Waals surface area contributed by atoms with Crippen LogP contribution in [0.25, 0.3) is 11.3 Å². The van der Waals surface area contributed by atoms with Gasteiger partial charge in [0.1, 0.15) is 11.9 Å². The first-order valence-corrected chi connectivity index (χ1v) is 6.34. The van der Waals surface area contributed by atoms with E-state index in [-0.39, 0.29) is 0 Å². The van der Waals surface area contributed by atoms with Crippen molar-refractivity contribution in [3.63, 3.8) is 0 Å². The van der Waals surface area contributed by atoms with Crippen molar-refractivity contribution in [2.24, 2.45) is 0 Å². The van der Waals surface area contributed by atoms with Gasteiger partial charge in [0, 0.05) is 11.3 Å². The van der Waals surface area contributed by atoms with Crippen molar-refractivity contribution in [3.8, 4) is 17.3 Å². The van der Waals surface area contributed by atoms with E-state index in [0.717, 1.165) is 41.1 Å². The van der Waals surface area contributed by atoms with Gasteiger partial charge in [0.15, 0.2) is 0 Å². The number of anilines is 1. The van der Waals surface area contributed by atoms with Crippen molar-refractivity contribution in [2.45, 2.75) is 32.6 Å². The summed E-state index contributed by atoms with van der Waals surface area (Å²) in [6.07, 6.45) is 2.25. The fraction of sp³-hybridized carbons (Fsp3) is 0.357. The van der Waals surface area contributed by atoms with E-state index < -0.39 is 0 Å². The van der Waals surface area contributed by atoms with Crippen LogP contribution in [0.4, 0.5) is 5.82 Å². The molecule has 0 unspecified atom stereocenters. The first-order valence-electron chi connectivity index (χ1n) is 6.34. The van der Waals surface area contributed by atoms with Crippen LogP contribution in [-0.4, -0.2) is 15.2 Å². The van der Waals surface area contributed by atoms with Gasteiger partial charge in [-0.1, -0.05) is 0 Å². The van der Waals surface area contributed by atoms with E-state index in [1.165, 1.54) is 0 Å². The molecule has 96 valence electrons. The van der Waals surface area contributed by atoms with Crippen molar-refractivity contribution >= 4 is 5.82 Å². The zero-order valence-corrected chi connectivity index (χ0v) is 11.0. The van der Waals surface area contributed by atoms with E-state index in [4.69, 9.17) is 5.73 Å². The summed E-state index contributed by atoms with van der Waals surface area (Å²) in [6.45, 7) is 3.90. The summed E-state index contributed by atoms with van der Waals surface area (Å²) < 4.78 is 0. The summed E-state index contributed by atoms with van der Waals surface area (Å²) in [5.41, 5.74) is 11.2. The molecule has 0 atom stereocenters. The number of pyridine rings is 1. The minimum Gasteiger partial charge on any atom is -0.383 e. The summed E-state index contributed by atoms with van der Waals surface area (Å²) in [7, 11) is 0. The Morgan fingerprint density at radius 2 is 2.16 bits per heavy atom. The van der Waals surface area contributed by atoms with Crippen molar-refractivity contribution < 1.29 is 0 Å². The molecule has 3 rings (SSSR count). The first-order chi connectivity index (χ1) is 9.11. The van der Waals surface area contributed by atoms with E-state index in [1.54, 1.807) is 0 Å². The molecule has 19 heavy (non-hydrogen) atoms. The van der Waals surface area contributed by atoms with Gasteiger partial charge in [-0.15, -0.1) is 0 Å². The van der Waals surface area contributed by atoms with Crippen LogP contribution in [0.1, 0.15) is 41.3 Å². The number of hydrogen-bond acceptors (Lipinski definition) is 4. The highest BCUT2D eigenvalue weighted by Gasteiger charge is 2.28. The molecule has 2 aromatic heterocycles. The highest BCUT2D eigenvalue weighted by atomic mass is 15.1. The standard InChI is InChI=1S/C14H15N5/c1-7-13(8(2)19-18-7)12-5-10(9-3-4-9)11(6-15)14(16)17-12/h5,9H,3-4H2,1-2H3,(H2,16,17)(H,18,19). The van der Waals surface area contributed by atoms with E-state index in [1.807, 2.05) is 19.9 Å². The maximum atomic E-state index is 9.22. The smallest absolute Gasteiger partial charge is 0.142 e. The van der Waals surface area contributed by atoms with E-state index >= 15 is 0 Å².